The first kappa shape index (κ1) is 26.4. The van der Waals surface area contributed by atoms with E-state index in [1.807, 2.05) is 6.07 Å². The standard InChI is InChI=1S/C29H29ClF2N2O5/c1-26-8-7-19(35)12-22(26)23(31)13-21-20-11-16-15-34(18-5-3-17(30)4-6-18)39-29(16,25(37)38-10-9-33)27(20,2)14-24(36)28(21,26)32/h3-8,12,16,20-21,23-24,36H,10-11,13-15H2,1-2H3/t16-,20-,21-,23-,24-,26-,27-,28-,29-/m0/s1. The van der Waals surface area contributed by atoms with Gasteiger partial charge in [-0.05, 0) is 74.1 Å². The van der Waals surface area contributed by atoms with E-state index in [9.17, 15) is 14.7 Å². The van der Waals surface area contributed by atoms with Crippen LogP contribution < -0.4 is 5.06 Å². The number of rotatable bonds is 3. The molecule has 0 bridgehead atoms. The van der Waals surface area contributed by atoms with Crippen LogP contribution >= 0.6 is 11.6 Å². The first-order valence-electron chi connectivity index (χ1n) is 13.1. The predicted octanol–water partition coefficient (Wildman–Crippen LogP) is 4.44. The van der Waals surface area contributed by atoms with E-state index < -0.39 is 70.5 Å². The van der Waals surface area contributed by atoms with Gasteiger partial charge in [-0.15, -0.1) is 0 Å². The van der Waals surface area contributed by atoms with Crippen molar-refractivity contribution in [2.75, 3.05) is 18.2 Å². The Balaban J connectivity index is 1.44. The van der Waals surface area contributed by atoms with Crippen molar-refractivity contribution < 1.29 is 33.1 Å². The quantitative estimate of drug-likeness (QED) is 0.547. The zero-order chi connectivity index (χ0) is 28.0. The third-order valence-corrected chi connectivity index (χ3v) is 10.6. The molecule has 0 spiro atoms. The van der Waals surface area contributed by atoms with Crippen molar-refractivity contribution in [3.63, 3.8) is 0 Å². The van der Waals surface area contributed by atoms with E-state index in [1.165, 1.54) is 19.1 Å². The average Bonchev–Trinajstić information content (AvgIpc) is 3.39. The summed E-state index contributed by atoms with van der Waals surface area (Å²) in [6, 6.07) is 8.70. The van der Waals surface area contributed by atoms with E-state index >= 15 is 8.78 Å². The number of ketones is 1. The fourth-order valence-electron chi connectivity index (χ4n) is 8.55. The molecule has 7 nitrogen and oxygen atoms in total. The third kappa shape index (κ3) is 3.25. The lowest BCUT2D eigenvalue weighted by Crippen LogP contribution is -2.70. The number of carbonyl (C=O) groups excluding carboxylic acids is 2. The number of benzene rings is 1. The lowest BCUT2D eigenvalue weighted by Gasteiger charge is -2.63. The van der Waals surface area contributed by atoms with Crippen LogP contribution in [0.4, 0.5) is 14.5 Å². The second-order valence-electron chi connectivity index (χ2n) is 11.9. The number of alkyl halides is 2. The minimum atomic E-state index is -2.27. The SMILES string of the molecule is C[C@]12C=CC(=O)C=C1[C@@H](F)C[C@H]1[C@@H]3C[C@H]4CN(c5ccc(Cl)cc5)O[C@@]4(C(=O)OCC#N)[C@@]3(C)C[C@H](O)[C@@]12F. The van der Waals surface area contributed by atoms with Crippen LogP contribution in [0, 0.1) is 39.9 Å². The van der Waals surface area contributed by atoms with Crippen LogP contribution in [0.2, 0.25) is 5.02 Å². The second kappa shape index (κ2) is 8.60. The van der Waals surface area contributed by atoms with Gasteiger partial charge in [0.05, 0.1) is 18.3 Å². The van der Waals surface area contributed by atoms with Crippen molar-refractivity contribution in [3.8, 4) is 6.07 Å². The summed E-state index contributed by atoms with van der Waals surface area (Å²) < 4.78 is 38.6. The van der Waals surface area contributed by atoms with Crippen molar-refractivity contribution in [1.29, 1.82) is 5.26 Å². The number of hydrogen-bond acceptors (Lipinski definition) is 7. The largest absolute Gasteiger partial charge is 0.448 e. The van der Waals surface area contributed by atoms with Gasteiger partial charge in [0.2, 0.25) is 5.60 Å². The molecular weight excluding hydrogens is 530 g/mol. The summed E-state index contributed by atoms with van der Waals surface area (Å²) in [6.07, 6.45) is 0.552. The molecule has 0 unspecified atom stereocenters. The van der Waals surface area contributed by atoms with Crippen molar-refractivity contribution in [1.82, 2.24) is 0 Å². The summed E-state index contributed by atoms with van der Waals surface area (Å²) in [5, 5.41) is 22.8. The molecule has 206 valence electrons. The summed E-state index contributed by atoms with van der Waals surface area (Å²) in [6.45, 7) is 3.10. The maximum atomic E-state index is 17.5. The Bertz CT molecular complexity index is 1350. The fraction of sp³-hybridized carbons (Fsp3) is 0.552. The van der Waals surface area contributed by atoms with Gasteiger partial charge in [-0.2, -0.15) is 5.26 Å². The first-order chi connectivity index (χ1) is 18.4. The molecule has 1 aliphatic heterocycles. The Labute approximate surface area is 230 Å². The number of anilines is 1. The molecule has 0 radical (unpaired) electrons. The molecule has 4 fully saturated rings. The van der Waals surface area contributed by atoms with E-state index in [-0.39, 0.29) is 25.0 Å². The Morgan fingerprint density at radius 1 is 1.28 bits per heavy atom. The van der Waals surface area contributed by atoms with Gasteiger partial charge in [0, 0.05) is 27.7 Å². The summed E-state index contributed by atoms with van der Waals surface area (Å²) >= 11 is 6.05. The molecule has 1 saturated heterocycles. The van der Waals surface area contributed by atoms with Crippen LogP contribution in [0.1, 0.15) is 33.1 Å². The monoisotopic (exact) mass is 558 g/mol. The molecule has 5 aliphatic rings. The highest BCUT2D eigenvalue weighted by Crippen LogP contribution is 2.72. The normalized spacial score (nSPS) is 44.0. The second-order valence-corrected chi connectivity index (χ2v) is 12.3. The summed E-state index contributed by atoms with van der Waals surface area (Å²) in [5.74, 6) is -3.14. The van der Waals surface area contributed by atoms with Gasteiger partial charge in [-0.3, -0.25) is 14.7 Å². The topological polar surface area (TPSA) is 99.9 Å². The van der Waals surface area contributed by atoms with Crippen LogP contribution in [0.15, 0.2) is 48.1 Å². The Morgan fingerprint density at radius 2 is 2.00 bits per heavy atom. The molecule has 4 aliphatic carbocycles. The highest BCUT2D eigenvalue weighted by molar-refractivity contribution is 6.30. The zero-order valence-electron chi connectivity index (χ0n) is 21.6. The fourth-order valence-corrected chi connectivity index (χ4v) is 8.68. The summed E-state index contributed by atoms with van der Waals surface area (Å²) in [5.41, 5.74) is -5.86. The van der Waals surface area contributed by atoms with Gasteiger partial charge < -0.3 is 9.84 Å². The smallest absolute Gasteiger partial charge is 0.343 e. The van der Waals surface area contributed by atoms with Gasteiger partial charge in [0.25, 0.3) is 0 Å². The van der Waals surface area contributed by atoms with Crippen molar-refractivity contribution in [2.24, 2.45) is 28.6 Å². The van der Waals surface area contributed by atoms with Crippen LogP contribution in [-0.2, 0) is 19.2 Å². The molecule has 3 saturated carbocycles. The molecule has 0 aromatic heterocycles. The Hall–Kier alpha value is -2.80. The number of fused-ring (bicyclic) bond motifs is 7. The number of esters is 1. The van der Waals surface area contributed by atoms with Gasteiger partial charge >= 0.3 is 5.97 Å². The zero-order valence-corrected chi connectivity index (χ0v) is 22.3. The Kier molecular flexibility index (Phi) is 5.83. The number of allylic oxidation sites excluding steroid dienone is 4. The van der Waals surface area contributed by atoms with Crippen LogP contribution in [0.25, 0.3) is 0 Å². The third-order valence-electron chi connectivity index (χ3n) is 10.3. The number of nitrogens with zero attached hydrogens (tertiary/aromatic N) is 2. The summed E-state index contributed by atoms with van der Waals surface area (Å²) in [7, 11) is 0. The van der Waals surface area contributed by atoms with Crippen molar-refractivity contribution in [3.05, 3.63) is 53.1 Å². The van der Waals surface area contributed by atoms with Gasteiger partial charge in [0.1, 0.15) is 12.2 Å². The maximum Gasteiger partial charge on any atom is 0.343 e. The van der Waals surface area contributed by atoms with Gasteiger partial charge in [0.15, 0.2) is 18.1 Å². The number of hydroxylamine groups is 1. The number of aliphatic hydroxyl groups excluding tert-OH is 1. The Morgan fingerprint density at radius 3 is 2.69 bits per heavy atom. The van der Waals surface area contributed by atoms with Gasteiger partial charge in [-0.25, -0.2) is 13.6 Å². The minimum Gasteiger partial charge on any atom is -0.448 e. The highest BCUT2D eigenvalue weighted by atomic mass is 35.5. The van der Waals surface area contributed by atoms with Crippen molar-refractivity contribution >= 4 is 29.0 Å². The molecule has 9 atom stereocenters. The molecule has 1 aromatic carbocycles. The van der Waals surface area contributed by atoms with E-state index in [4.69, 9.17) is 26.4 Å². The predicted molar refractivity (Wildman–Crippen MR) is 137 cm³/mol. The number of halogens is 3. The lowest BCUT2D eigenvalue weighted by atomic mass is 9.44. The number of carbonyl (C=O) groups is 2. The van der Waals surface area contributed by atoms with Crippen molar-refractivity contribution in [2.45, 2.75) is 56.7 Å². The van der Waals surface area contributed by atoms with Gasteiger partial charge in [-0.1, -0.05) is 24.6 Å². The van der Waals surface area contributed by atoms with Crippen LogP contribution in [0.3, 0.4) is 0 Å². The maximum absolute atomic E-state index is 17.5. The number of ether oxygens (including phenoxy) is 1. The lowest BCUT2D eigenvalue weighted by molar-refractivity contribution is -0.235. The molecule has 1 aromatic rings. The molecular formula is C29H29ClF2N2O5. The highest BCUT2D eigenvalue weighted by Gasteiger charge is 2.80. The van der Waals surface area contributed by atoms with E-state index in [1.54, 1.807) is 36.3 Å². The number of nitriles is 1. The van der Waals surface area contributed by atoms with Crippen LogP contribution in [0.5, 0.6) is 0 Å². The van der Waals surface area contributed by atoms with E-state index in [0.29, 0.717) is 17.1 Å². The summed E-state index contributed by atoms with van der Waals surface area (Å²) in [4.78, 5) is 32.3. The van der Waals surface area contributed by atoms with E-state index in [2.05, 4.69) is 0 Å². The molecule has 1 heterocycles. The average molecular weight is 559 g/mol. The minimum absolute atomic E-state index is 0.0444. The molecule has 1 N–H and O–H groups in total. The first-order valence-corrected chi connectivity index (χ1v) is 13.5. The molecule has 6 rings (SSSR count). The number of hydrogen-bond donors (Lipinski definition) is 1. The van der Waals surface area contributed by atoms with Crippen LogP contribution in [-0.4, -0.2) is 53.6 Å². The molecule has 10 heteroatoms. The van der Waals surface area contributed by atoms with E-state index in [0.717, 1.165) is 6.08 Å². The number of aliphatic hydroxyl groups is 1. The molecule has 39 heavy (non-hydrogen) atoms. The molecule has 0 amide bonds.